The molecule has 0 aliphatic carbocycles. The highest BCUT2D eigenvalue weighted by Gasteiger charge is 2.14. The number of fused-ring (bicyclic) bond motifs is 1. The average Bonchev–Trinajstić information content (AvgIpc) is 3.44. The maximum atomic E-state index is 6.01. The van der Waals surface area contributed by atoms with Crippen LogP contribution in [-0.2, 0) is 4.74 Å². The molecule has 3 N–H and O–H groups in total. The van der Waals surface area contributed by atoms with Crippen LogP contribution in [0.3, 0.4) is 0 Å². The number of ether oxygens (including phenoxy) is 2. The van der Waals surface area contributed by atoms with Gasteiger partial charge in [0.05, 0.1) is 18.7 Å². The fraction of sp³-hybridized carbons (Fsp3) is 0.333. The van der Waals surface area contributed by atoms with Crippen LogP contribution in [0.4, 0.5) is 0 Å². The Morgan fingerprint density at radius 3 is 2.86 bits per heavy atom. The Morgan fingerprint density at radius 2 is 2.00 bits per heavy atom. The summed E-state index contributed by atoms with van der Waals surface area (Å²) in [4.78, 5) is 6.78. The Kier molecular flexibility index (Phi) is 5.12. The highest BCUT2D eigenvalue weighted by molar-refractivity contribution is 6.04. The topological polar surface area (TPSA) is 86.8 Å². The van der Waals surface area contributed by atoms with Gasteiger partial charge in [-0.1, -0.05) is 12.1 Å². The number of benzene rings is 2. The normalized spacial score (nSPS) is 17.3. The van der Waals surface area contributed by atoms with Crippen LogP contribution in [0.2, 0.25) is 0 Å². The standard InChI is InChI=1S/C21H24N6O2/c1-2-15(12-17(3-1)29-11-8-27-6-9-28-10-7-27)20-18-13-16(21-22-14-23-26-21)4-5-19(18)24-25-20/h1-5,12-13,23H,6-11,14H2,(H,22,26)(H,24,25). The molecule has 0 bridgehead atoms. The number of morpholine rings is 1. The van der Waals surface area contributed by atoms with Gasteiger partial charge in [0.1, 0.15) is 30.6 Å². The van der Waals surface area contributed by atoms with Crippen molar-refractivity contribution in [3.63, 3.8) is 0 Å². The SMILES string of the molecule is c1cc(OCCN2CCOCC2)cc(-c2n[nH]c3ccc(C4=NCNN4)cc23)c1. The summed E-state index contributed by atoms with van der Waals surface area (Å²) in [6.07, 6.45) is 0. The highest BCUT2D eigenvalue weighted by Crippen LogP contribution is 2.29. The molecule has 0 atom stereocenters. The number of hydrogen-bond acceptors (Lipinski definition) is 7. The summed E-state index contributed by atoms with van der Waals surface area (Å²) in [7, 11) is 0. The second-order valence-electron chi connectivity index (χ2n) is 7.13. The number of H-pyrrole nitrogens is 1. The fourth-order valence-electron chi connectivity index (χ4n) is 3.68. The van der Waals surface area contributed by atoms with Crippen molar-refractivity contribution in [3.05, 3.63) is 48.0 Å². The van der Waals surface area contributed by atoms with E-state index in [1.165, 1.54) is 0 Å². The first-order chi connectivity index (χ1) is 14.4. The molecule has 29 heavy (non-hydrogen) atoms. The molecule has 3 heterocycles. The van der Waals surface area contributed by atoms with Crippen molar-refractivity contribution in [1.29, 1.82) is 0 Å². The van der Waals surface area contributed by atoms with Gasteiger partial charge in [-0.15, -0.1) is 0 Å². The van der Waals surface area contributed by atoms with Crippen LogP contribution in [0.5, 0.6) is 5.75 Å². The predicted molar refractivity (Wildman–Crippen MR) is 112 cm³/mol. The van der Waals surface area contributed by atoms with Gasteiger partial charge >= 0.3 is 0 Å². The lowest BCUT2D eigenvalue weighted by Gasteiger charge is -2.26. The number of rotatable bonds is 6. The van der Waals surface area contributed by atoms with Crippen LogP contribution in [0.1, 0.15) is 5.56 Å². The minimum absolute atomic E-state index is 0.579. The summed E-state index contributed by atoms with van der Waals surface area (Å²) < 4.78 is 11.4. The molecule has 1 saturated heterocycles. The van der Waals surface area contributed by atoms with E-state index in [9.17, 15) is 0 Å². The smallest absolute Gasteiger partial charge is 0.144 e. The van der Waals surface area contributed by atoms with E-state index in [1.807, 2.05) is 24.3 Å². The minimum Gasteiger partial charge on any atom is -0.492 e. The van der Waals surface area contributed by atoms with Crippen LogP contribution < -0.4 is 15.6 Å². The molecule has 0 saturated carbocycles. The highest BCUT2D eigenvalue weighted by atomic mass is 16.5. The molecular weight excluding hydrogens is 368 g/mol. The number of aromatic amines is 1. The molecule has 1 aromatic heterocycles. The third-order valence-corrected chi connectivity index (χ3v) is 5.25. The summed E-state index contributed by atoms with van der Waals surface area (Å²) in [5, 5.41) is 8.73. The van der Waals surface area contributed by atoms with E-state index < -0.39 is 0 Å². The first kappa shape index (κ1) is 18.1. The Morgan fingerprint density at radius 1 is 1.07 bits per heavy atom. The number of nitrogens with one attached hydrogen (secondary N) is 3. The molecule has 8 nitrogen and oxygen atoms in total. The molecule has 2 aliphatic rings. The van der Waals surface area contributed by atoms with Crippen LogP contribution in [0.15, 0.2) is 47.5 Å². The lowest BCUT2D eigenvalue weighted by Crippen LogP contribution is -2.38. The van der Waals surface area contributed by atoms with Gasteiger partial charge in [0.2, 0.25) is 0 Å². The van der Waals surface area contributed by atoms with E-state index in [2.05, 4.69) is 49.1 Å². The first-order valence-electron chi connectivity index (χ1n) is 9.92. The molecule has 0 unspecified atom stereocenters. The minimum atomic E-state index is 0.579. The van der Waals surface area contributed by atoms with E-state index in [0.29, 0.717) is 13.3 Å². The monoisotopic (exact) mass is 392 g/mol. The largest absolute Gasteiger partial charge is 0.492 e. The van der Waals surface area contributed by atoms with Gasteiger partial charge in [-0.25, -0.2) is 10.4 Å². The van der Waals surface area contributed by atoms with Crippen molar-refractivity contribution in [2.75, 3.05) is 46.1 Å². The molecule has 150 valence electrons. The molecule has 5 rings (SSSR count). The zero-order valence-corrected chi connectivity index (χ0v) is 16.1. The molecule has 1 fully saturated rings. The molecule has 0 amide bonds. The van der Waals surface area contributed by atoms with Crippen molar-refractivity contribution in [1.82, 2.24) is 25.9 Å². The van der Waals surface area contributed by atoms with Crippen molar-refractivity contribution in [2.45, 2.75) is 0 Å². The van der Waals surface area contributed by atoms with Crippen molar-refractivity contribution >= 4 is 16.7 Å². The first-order valence-corrected chi connectivity index (χ1v) is 9.92. The second-order valence-corrected chi connectivity index (χ2v) is 7.13. The maximum Gasteiger partial charge on any atom is 0.144 e. The maximum absolute atomic E-state index is 6.01. The summed E-state index contributed by atoms with van der Waals surface area (Å²) in [6, 6.07) is 14.3. The zero-order valence-electron chi connectivity index (χ0n) is 16.1. The van der Waals surface area contributed by atoms with E-state index >= 15 is 0 Å². The molecule has 0 radical (unpaired) electrons. The molecule has 3 aromatic rings. The summed E-state index contributed by atoms with van der Waals surface area (Å²) in [5.74, 6) is 1.70. The van der Waals surface area contributed by atoms with Gasteiger partial charge in [-0.2, -0.15) is 5.10 Å². The number of nitrogens with zero attached hydrogens (tertiary/aromatic N) is 3. The number of hydrazine groups is 1. The van der Waals surface area contributed by atoms with E-state index in [1.54, 1.807) is 0 Å². The Hall–Kier alpha value is -2.94. The van der Waals surface area contributed by atoms with Gasteiger partial charge in [-0.3, -0.25) is 10.00 Å². The lowest BCUT2D eigenvalue weighted by molar-refractivity contribution is 0.0322. The Balaban J connectivity index is 1.34. The molecule has 2 aliphatic heterocycles. The third-order valence-electron chi connectivity index (χ3n) is 5.25. The molecule has 8 heteroatoms. The van der Waals surface area contributed by atoms with Gasteiger partial charge < -0.3 is 14.9 Å². The van der Waals surface area contributed by atoms with Crippen LogP contribution in [0.25, 0.3) is 22.2 Å². The van der Waals surface area contributed by atoms with E-state index in [0.717, 1.165) is 72.2 Å². The Bertz CT molecular complexity index is 1020. The second kappa shape index (κ2) is 8.20. The van der Waals surface area contributed by atoms with Crippen LogP contribution in [0, 0.1) is 0 Å². The van der Waals surface area contributed by atoms with Crippen molar-refractivity contribution in [3.8, 4) is 17.0 Å². The molecule has 2 aromatic carbocycles. The molecule has 0 spiro atoms. The van der Waals surface area contributed by atoms with Gasteiger partial charge in [0.15, 0.2) is 0 Å². The van der Waals surface area contributed by atoms with Crippen molar-refractivity contribution < 1.29 is 9.47 Å². The lowest BCUT2D eigenvalue weighted by atomic mass is 10.0. The quantitative estimate of drug-likeness (QED) is 0.593. The van der Waals surface area contributed by atoms with Crippen molar-refractivity contribution in [2.24, 2.45) is 4.99 Å². The average molecular weight is 392 g/mol. The van der Waals surface area contributed by atoms with Gasteiger partial charge in [0.25, 0.3) is 0 Å². The number of aliphatic imine (C=N–C) groups is 1. The summed E-state index contributed by atoms with van der Waals surface area (Å²) in [5.41, 5.74) is 10.1. The fourth-order valence-corrected chi connectivity index (χ4v) is 3.68. The van der Waals surface area contributed by atoms with Crippen LogP contribution >= 0.6 is 0 Å². The predicted octanol–water partition coefficient (Wildman–Crippen LogP) is 1.75. The van der Waals surface area contributed by atoms with Crippen LogP contribution in [-0.4, -0.2) is 67.1 Å². The van der Waals surface area contributed by atoms with E-state index in [-0.39, 0.29) is 0 Å². The molecular formula is C21H24N6O2. The zero-order chi connectivity index (χ0) is 19.5. The number of hydrogen-bond donors (Lipinski definition) is 3. The number of aromatic nitrogens is 2. The summed E-state index contributed by atoms with van der Waals surface area (Å²) in [6.45, 7) is 5.71. The Labute approximate surface area is 168 Å². The number of amidine groups is 1. The third kappa shape index (κ3) is 3.95. The van der Waals surface area contributed by atoms with Gasteiger partial charge in [0, 0.05) is 36.1 Å². The van der Waals surface area contributed by atoms with Gasteiger partial charge in [-0.05, 0) is 30.3 Å². The van der Waals surface area contributed by atoms with E-state index in [4.69, 9.17) is 9.47 Å². The summed E-state index contributed by atoms with van der Waals surface area (Å²) >= 11 is 0.